The topological polar surface area (TPSA) is 112 Å². The number of hydrogen-bond acceptors (Lipinski definition) is 6. The van der Waals surface area contributed by atoms with Crippen LogP contribution in [-0.2, 0) is 14.8 Å². The molecule has 182 valence electrons. The molecule has 0 saturated heterocycles. The first-order chi connectivity index (χ1) is 15.8. The number of nitrogens with zero attached hydrogens (tertiary/aromatic N) is 2. The molecule has 2 rings (SSSR count). The Hall–Kier alpha value is -2.85. The molecule has 0 aliphatic carbocycles. The second-order valence-electron chi connectivity index (χ2n) is 7.33. The summed E-state index contributed by atoms with van der Waals surface area (Å²) in [6.07, 6.45) is 2.02. The molecule has 0 radical (unpaired) electrons. The molecule has 0 bridgehead atoms. The van der Waals surface area contributed by atoms with Crippen LogP contribution in [0.4, 0.5) is 11.4 Å². The van der Waals surface area contributed by atoms with E-state index in [0.717, 1.165) is 5.69 Å². The average molecular weight is 479 g/mol. The molecule has 0 fully saturated rings. The molecule has 1 aromatic carbocycles. The Morgan fingerprint density at radius 2 is 1.70 bits per heavy atom. The molecule has 10 heteroatoms. The van der Waals surface area contributed by atoms with Gasteiger partial charge >= 0.3 is 0 Å². The third-order valence-electron chi connectivity index (χ3n) is 5.30. The van der Waals surface area contributed by atoms with Crippen molar-refractivity contribution >= 4 is 33.2 Å². The molecule has 0 aliphatic heterocycles. The van der Waals surface area contributed by atoms with E-state index in [-0.39, 0.29) is 28.9 Å². The zero-order valence-electron chi connectivity index (χ0n) is 19.8. The zero-order valence-corrected chi connectivity index (χ0v) is 20.6. The van der Waals surface area contributed by atoms with Gasteiger partial charge in [0, 0.05) is 39.1 Å². The smallest absolute Gasteiger partial charge is 0.286 e. The van der Waals surface area contributed by atoms with Gasteiger partial charge in [-0.2, -0.15) is 4.31 Å². The van der Waals surface area contributed by atoms with Gasteiger partial charge in [0.15, 0.2) is 5.76 Å². The number of benzene rings is 1. The Kier molecular flexibility index (Phi) is 9.93. The second kappa shape index (κ2) is 12.4. The van der Waals surface area contributed by atoms with Crippen molar-refractivity contribution in [1.29, 1.82) is 0 Å². The molecular formula is C23H34N4O5S. The molecule has 2 aromatic rings. The number of rotatable bonds is 13. The van der Waals surface area contributed by atoms with Crippen LogP contribution < -0.4 is 15.5 Å². The largest absolute Gasteiger partial charge is 0.459 e. The van der Waals surface area contributed by atoms with Crippen LogP contribution >= 0.6 is 0 Å². The Bertz CT molecular complexity index is 1010. The number of hydrogen-bond donors (Lipinski definition) is 2. The van der Waals surface area contributed by atoms with E-state index in [1.54, 1.807) is 38.1 Å². The van der Waals surface area contributed by atoms with E-state index in [9.17, 15) is 18.0 Å². The van der Waals surface area contributed by atoms with E-state index in [4.69, 9.17) is 4.42 Å². The first-order valence-corrected chi connectivity index (χ1v) is 12.7. The van der Waals surface area contributed by atoms with Gasteiger partial charge < -0.3 is 20.0 Å². The van der Waals surface area contributed by atoms with E-state index >= 15 is 0 Å². The van der Waals surface area contributed by atoms with Crippen molar-refractivity contribution in [1.82, 2.24) is 9.62 Å². The number of amides is 2. The quantitative estimate of drug-likeness (QED) is 0.427. The standard InChI is InChI=1S/C23H34N4O5S/c1-5-26(6-2)20-14-13-18(33(30,31)27(7-3)8-4)17-19(20)25-22(28)12-9-15-24-23(29)21-11-10-16-32-21/h10-11,13-14,16-17H,5-9,12,15H2,1-4H3,(H,24,29)(H,25,28). The summed E-state index contributed by atoms with van der Waals surface area (Å²) in [5.41, 5.74) is 1.22. The molecule has 0 spiro atoms. The number of nitrogens with one attached hydrogen (secondary N) is 2. The minimum absolute atomic E-state index is 0.142. The van der Waals surface area contributed by atoms with Gasteiger partial charge in [0.1, 0.15) is 0 Å². The molecule has 0 saturated carbocycles. The lowest BCUT2D eigenvalue weighted by atomic mass is 10.2. The Labute approximate surface area is 196 Å². The highest BCUT2D eigenvalue weighted by Gasteiger charge is 2.24. The lowest BCUT2D eigenvalue weighted by Gasteiger charge is -2.26. The molecular weight excluding hydrogens is 444 g/mol. The molecule has 0 atom stereocenters. The van der Waals surface area contributed by atoms with E-state index in [1.807, 2.05) is 18.7 Å². The third kappa shape index (κ3) is 6.82. The summed E-state index contributed by atoms with van der Waals surface area (Å²) >= 11 is 0. The summed E-state index contributed by atoms with van der Waals surface area (Å²) in [4.78, 5) is 26.7. The second-order valence-corrected chi connectivity index (χ2v) is 9.26. The summed E-state index contributed by atoms with van der Waals surface area (Å²) in [6, 6.07) is 8.04. The molecule has 0 aliphatic rings. The van der Waals surface area contributed by atoms with Crippen molar-refractivity contribution in [2.45, 2.75) is 45.4 Å². The van der Waals surface area contributed by atoms with Crippen LogP contribution in [0.25, 0.3) is 0 Å². The van der Waals surface area contributed by atoms with Crippen molar-refractivity contribution in [2.24, 2.45) is 0 Å². The summed E-state index contributed by atoms with van der Waals surface area (Å²) in [5.74, 6) is -0.374. The highest BCUT2D eigenvalue weighted by molar-refractivity contribution is 7.89. The molecule has 2 N–H and O–H groups in total. The lowest BCUT2D eigenvalue weighted by molar-refractivity contribution is -0.116. The molecule has 0 unspecified atom stereocenters. The maximum absolute atomic E-state index is 13.0. The summed E-state index contributed by atoms with van der Waals surface area (Å²) in [5, 5.41) is 5.57. The van der Waals surface area contributed by atoms with Crippen molar-refractivity contribution in [3.63, 3.8) is 0 Å². The van der Waals surface area contributed by atoms with Crippen LogP contribution in [0.2, 0.25) is 0 Å². The van der Waals surface area contributed by atoms with Crippen LogP contribution in [-0.4, -0.2) is 57.3 Å². The van der Waals surface area contributed by atoms with Gasteiger partial charge in [0.25, 0.3) is 5.91 Å². The van der Waals surface area contributed by atoms with E-state index in [2.05, 4.69) is 10.6 Å². The number of furan rings is 1. The van der Waals surface area contributed by atoms with Gasteiger partial charge in [-0.25, -0.2) is 8.42 Å². The Morgan fingerprint density at radius 1 is 1.00 bits per heavy atom. The monoisotopic (exact) mass is 478 g/mol. The number of sulfonamides is 1. The van der Waals surface area contributed by atoms with E-state index in [0.29, 0.717) is 44.8 Å². The zero-order chi connectivity index (χ0) is 24.4. The predicted octanol–water partition coefficient (Wildman–Crippen LogP) is 3.31. The third-order valence-corrected chi connectivity index (χ3v) is 7.35. The summed E-state index contributed by atoms with van der Waals surface area (Å²) in [7, 11) is -3.66. The van der Waals surface area contributed by atoms with Crippen LogP contribution in [0.1, 0.15) is 51.1 Å². The molecule has 9 nitrogen and oxygen atoms in total. The van der Waals surface area contributed by atoms with Gasteiger partial charge in [-0.3, -0.25) is 9.59 Å². The van der Waals surface area contributed by atoms with E-state index in [1.165, 1.54) is 16.6 Å². The van der Waals surface area contributed by atoms with Crippen LogP contribution in [0.3, 0.4) is 0 Å². The fourth-order valence-corrected chi connectivity index (χ4v) is 4.97. The van der Waals surface area contributed by atoms with E-state index < -0.39 is 10.0 Å². The predicted molar refractivity (Wildman–Crippen MR) is 129 cm³/mol. The highest BCUT2D eigenvalue weighted by Crippen LogP contribution is 2.30. The van der Waals surface area contributed by atoms with Crippen molar-refractivity contribution in [3.05, 3.63) is 42.4 Å². The lowest BCUT2D eigenvalue weighted by Crippen LogP contribution is -2.31. The minimum Gasteiger partial charge on any atom is -0.459 e. The van der Waals surface area contributed by atoms with Crippen LogP contribution in [0.5, 0.6) is 0 Å². The van der Waals surface area contributed by atoms with Gasteiger partial charge in [-0.05, 0) is 50.6 Å². The van der Waals surface area contributed by atoms with Gasteiger partial charge in [-0.1, -0.05) is 13.8 Å². The Balaban J connectivity index is 2.12. The maximum Gasteiger partial charge on any atom is 0.286 e. The normalized spacial score (nSPS) is 11.4. The minimum atomic E-state index is -3.66. The molecule has 33 heavy (non-hydrogen) atoms. The molecule has 1 heterocycles. The highest BCUT2D eigenvalue weighted by atomic mass is 32.2. The number of carbonyl (C=O) groups excluding carboxylic acids is 2. The molecule has 2 amide bonds. The van der Waals surface area contributed by atoms with Gasteiger partial charge in [0.2, 0.25) is 15.9 Å². The van der Waals surface area contributed by atoms with Crippen LogP contribution in [0, 0.1) is 0 Å². The summed E-state index contributed by atoms with van der Waals surface area (Å²) in [6.45, 7) is 10.0. The molecule has 1 aromatic heterocycles. The average Bonchev–Trinajstić information content (AvgIpc) is 3.34. The Morgan fingerprint density at radius 3 is 2.27 bits per heavy atom. The number of anilines is 2. The maximum atomic E-state index is 13.0. The van der Waals surface area contributed by atoms with Crippen molar-refractivity contribution in [3.8, 4) is 0 Å². The van der Waals surface area contributed by atoms with Crippen molar-refractivity contribution < 1.29 is 22.4 Å². The van der Waals surface area contributed by atoms with Gasteiger partial charge in [0.05, 0.1) is 22.5 Å². The fraction of sp³-hybridized carbons (Fsp3) is 0.478. The van der Waals surface area contributed by atoms with Gasteiger partial charge in [-0.15, -0.1) is 0 Å². The van der Waals surface area contributed by atoms with Crippen LogP contribution in [0.15, 0.2) is 45.9 Å². The first-order valence-electron chi connectivity index (χ1n) is 11.3. The number of carbonyl (C=O) groups is 2. The summed E-state index contributed by atoms with van der Waals surface area (Å²) < 4.78 is 32.4. The SMILES string of the molecule is CCN(CC)c1ccc(S(=O)(=O)N(CC)CC)cc1NC(=O)CCCNC(=O)c1ccco1. The van der Waals surface area contributed by atoms with Crippen molar-refractivity contribution in [2.75, 3.05) is 42.9 Å². The fourth-order valence-electron chi connectivity index (χ4n) is 3.49. The first kappa shape index (κ1) is 26.4.